The molecular formula is C8H11N3O2S. The van der Waals surface area contributed by atoms with Crippen molar-refractivity contribution in [1.29, 1.82) is 0 Å². The maximum absolute atomic E-state index is 11.4. The van der Waals surface area contributed by atoms with Gasteiger partial charge in [0.25, 0.3) is 10.0 Å². The average molecular weight is 213 g/mol. The first-order chi connectivity index (χ1) is 6.42. The number of guanidine groups is 1. The lowest BCUT2D eigenvalue weighted by atomic mass is 10.2. The molecule has 0 saturated carbocycles. The van der Waals surface area contributed by atoms with Crippen LogP contribution in [-0.4, -0.2) is 14.4 Å². The Hall–Kier alpha value is -1.56. The fraction of sp³-hybridized carbons (Fsp3) is 0.125. The molecule has 76 valence electrons. The van der Waals surface area contributed by atoms with Gasteiger partial charge in [-0.3, -0.25) is 0 Å². The topological polar surface area (TPSA) is 98.5 Å². The fourth-order valence-electron chi connectivity index (χ4n) is 0.967. The highest BCUT2D eigenvalue weighted by molar-refractivity contribution is 7.90. The SMILES string of the molecule is Cc1cccc(S(=O)(=O)N=C(N)N)c1. The lowest BCUT2D eigenvalue weighted by Crippen LogP contribution is -2.24. The lowest BCUT2D eigenvalue weighted by molar-refractivity contribution is 0.598. The predicted octanol–water partition coefficient (Wildman–Crippen LogP) is -0.0429. The summed E-state index contributed by atoms with van der Waals surface area (Å²) in [6, 6.07) is 6.36. The first kappa shape index (κ1) is 10.5. The molecule has 0 atom stereocenters. The summed E-state index contributed by atoms with van der Waals surface area (Å²) in [6.45, 7) is 1.79. The third kappa shape index (κ3) is 2.46. The molecule has 0 fully saturated rings. The van der Waals surface area contributed by atoms with Crippen molar-refractivity contribution in [2.45, 2.75) is 11.8 Å². The Morgan fingerprint density at radius 1 is 1.36 bits per heavy atom. The van der Waals surface area contributed by atoms with Gasteiger partial charge >= 0.3 is 0 Å². The Kier molecular flexibility index (Phi) is 2.76. The largest absolute Gasteiger partial charge is 0.369 e. The molecule has 0 aliphatic heterocycles. The van der Waals surface area contributed by atoms with Crippen LogP contribution < -0.4 is 11.5 Å². The molecule has 0 aliphatic carbocycles. The Balaban J connectivity index is 3.24. The number of rotatable bonds is 2. The standard InChI is InChI=1S/C8H11N3O2S/c1-6-3-2-4-7(5-6)14(12,13)11-8(9)10/h2-5H,1H3,(H4,9,10,11). The summed E-state index contributed by atoms with van der Waals surface area (Å²) < 4.78 is 26.1. The van der Waals surface area contributed by atoms with E-state index in [0.29, 0.717) is 0 Å². The van der Waals surface area contributed by atoms with Gasteiger partial charge in [-0.1, -0.05) is 12.1 Å². The minimum Gasteiger partial charge on any atom is -0.369 e. The Morgan fingerprint density at radius 3 is 2.50 bits per heavy atom. The van der Waals surface area contributed by atoms with Crippen LogP contribution in [0.4, 0.5) is 0 Å². The molecule has 1 aromatic rings. The maximum Gasteiger partial charge on any atom is 0.285 e. The molecule has 0 radical (unpaired) electrons. The molecule has 4 N–H and O–H groups in total. The summed E-state index contributed by atoms with van der Waals surface area (Å²) in [4.78, 5) is 0.0888. The average Bonchev–Trinajstić information content (AvgIpc) is 2.01. The third-order valence-corrected chi connectivity index (χ3v) is 2.81. The molecule has 5 nitrogen and oxygen atoms in total. The molecule has 1 rings (SSSR count). The van der Waals surface area contributed by atoms with E-state index in [4.69, 9.17) is 11.5 Å². The zero-order chi connectivity index (χ0) is 10.8. The fourth-order valence-corrected chi connectivity index (χ4v) is 1.94. The number of sulfonamides is 1. The van der Waals surface area contributed by atoms with Crippen LogP contribution in [0.5, 0.6) is 0 Å². The van der Waals surface area contributed by atoms with Crippen molar-refractivity contribution in [3.63, 3.8) is 0 Å². The van der Waals surface area contributed by atoms with E-state index in [1.165, 1.54) is 12.1 Å². The van der Waals surface area contributed by atoms with Crippen LogP contribution in [0.15, 0.2) is 33.6 Å². The molecule has 6 heteroatoms. The van der Waals surface area contributed by atoms with E-state index in [0.717, 1.165) is 5.56 Å². The van der Waals surface area contributed by atoms with Crippen molar-refractivity contribution in [1.82, 2.24) is 0 Å². The van der Waals surface area contributed by atoms with E-state index in [1.54, 1.807) is 19.1 Å². The highest BCUT2D eigenvalue weighted by Crippen LogP contribution is 2.13. The molecule has 0 amide bonds. The molecule has 14 heavy (non-hydrogen) atoms. The Morgan fingerprint density at radius 2 is 2.00 bits per heavy atom. The molecular weight excluding hydrogens is 202 g/mol. The number of hydrogen-bond acceptors (Lipinski definition) is 2. The first-order valence-corrected chi connectivity index (χ1v) is 5.28. The van der Waals surface area contributed by atoms with E-state index in [-0.39, 0.29) is 4.90 Å². The number of benzene rings is 1. The second kappa shape index (κ2) is 3.67. The van der Waals surface area contributed by atoms with Crippen LogP contribution in [0.25, 0.3) is 0 Å². The molecule has 0 spiro atoms. The van der Waals surface area contributed by atoms with Gasteiger partial charge in [0.1, 0.15) is 0 Å². The number of nitrogens with two attached hydrogens (primary N) is 2. The normalized spacial score (nSPS) is 10.9. The zero-order valence-corrected chi connectivity index (χ0v) is 8.45. The summed E-state index contributed by atoms with van der Waals surface area (Å²) >= 11 is 0. The maximum atomic E-state index is 11.4. The van der Waals surface area contributed by atoms with Crippen molar-refractivity contribution < 1.29 is 8.42 Å². The smallest absolute Gasteiger partial charge is 0.285 e. The van der Waals surface area contributed by atoms with Crippen LogP contribution >= 0.6 is 0 Å². The van der Waals surface area contributed by atoms with Crippen molar-refractivity contribution in [2.75, 3.05) is 0 Å². The van der Waals surface area contributed by atoms with Gasteiger partial charge in [0, 0.05) is 0 Å². The minimum absolute atomic E-state index is 0.0888. The van der Waals surface area contributed by atoms with E-state index >= 15 is 0 Å². The van der Waals surface area contributed by atoms with Gasteiger partial charge in [0.15, 0.2) is 0 Å². The second-order valence-corrected chi connectivity index (χ2v) is 4.41. The molecule has 0 heterocycles. The van der Waals surface area contributed by atoms with Crippen molar-refractivity contribution in [2.24, 2.45) is 15.9 Å². The van der Waals surface area contributed by atoms with Crippen LogP contribution in [0.1, 0.15) is 5.56 Å². The molecule has 1 aromatic carbocycles. The second-order valence-electron chi connectivity index (χ2n) is 2.81. The molecule has 0 saturated heterocycles. The van der Waals surface area contributed by atoms with E-state index in [1.807, 2.05) is 0 Å². The van der Waals surface area contributed by atoms with Crippen molar-refractivity contribution in [3.8, 4) is 0 Å². The van der Waals surface area contributed by atoms with Gasteiger partial charge in [-0.05, 0) is 24.6 Å². The first-order valence-electron chi connectivity index (χ1n) is 3.84. The van der Waals surface area contributed by atoms with Gasteiger partial charge in [0.2, 0.25) is 5.96 Å². The summed E-state index contributed by atoms with van der Waals surface area (Å²) in [6.07, 6.45) is 0. The van der Waals surface area contributed by atoms with Gasteiger partial charge in [-0.25, -0.2) is 0 Å². The highest BCUT2D eigenvalue weighted by Gasteiger charge is 2.12. The van der Waals surface area contributed by atoms with Crippen molar-refractivity contribution in [3.05, 3.63) is 29.8 Å². The highest BCUT2D eigenvalue weighted by atomic mass is 32.2. The van der Waals surface area contributed by atoms with Crippen molar-refractivity contribution >= 4 is 16.0 Å². The van der Waals surface area contributed by atoms with Crippen LogP contribution in [-0.2, 0) is 10.0 Å². The van der Waals surface area contributed by atoms with Gasteiger partial charge in [0.05, 0.1) is 4.90 Å². The number of nitrogens with zero attached hydrogens (tertiary/aromatic N) is 1. The Bertz CT molecular complexity index is 461. The molecule has 0 aliphatic rings. The third-order valence-electron chi connectivity index (χ3n) is 1.51. The monoisotopic (exact) mass is 213 g/mol. The number of aryl methyl sites for hydroxylation is 1. The van der Waals surface area contributed by atoms with E-state index in [9.17, 15) is 8.42 Å². The number of hydrogen-bond donors (Lipinski definition) is 2. The minimum atomic E-state index is -3.74. The zero-order valence-electron chi connectivity index (χ0n) is 7.64. The lowest BCUT2D eigenvalue weighted by Gasteiger charge is -1.99. The molecule has 0 bridgehead atoms. The molecule has 0 aromatic heterocycles. The van der Waals surface area contributed by atoms with E-state index in [2.05, 4.69) is 4.40 Å². The van der Waals surface area contributed by atoms with Crippen LogP contribution in [0, 0.1) is 6.92 Å². The van der Waals surface area contributed by atoms with Gasteiger partial charge in [-0.15, -0.1) is 4.40 Å². The molecule has 0 unspecified atom stereocenters. The summed E-state index contributed by atoms with van der Waals surface area (Å²) in [7, 11) is -3.74. The summed E-state index contributed by atoms with van der Waals surface area (Å²) in [5.74, 6) is -0.466. The van der Waals surface area contributed by atoms with Crippen LogP contribution in [0.3, 0.4) is 0 Å². The summed E-state index contributed by atoms with van der Waals surface area (Å²) in [5, 5.41) is 0. The van der Waals surface area contributed by atoms with Crippen LogP contribution in [0.2, 0.25) is 0 Å². The quantitative estimate of drug-likeness (QED) is 0.531. The Labute approximate surface area is 82.5 Å². The summed E-state index contributed by atoms with van der Waals surface area (Å²) in [5.41, 5.74) is 10.8. The predicted molar refractivity (Wildman–Crippen MR) is 54.2 cm³/mol. The van der Waals surface area contributed by atoms with Gasteiger partial charge in [-0.2, -0.15) is 8.42 Å². The van der Waals surface area contributed by atoms with E-state index < -0.39 is 16.0 Å². The van der Waals surface area contributed by atoms with Gasteiger partial charge < -0.3 is 11.5 Å².